The van der Waals surface area contributed by atoms with E-state index in [-0.39, 0.29) is 6.29 Å². The van der Waals surface area contributed by atoms with E-state index in [0.717, 1.165) is 0 Å². The van der Waals surface area contributed by atoms with Gasteiger partial charge in [0.1, 0.15) is 0 Å². The van der Waals surface area contributed by atoms with Gasteiger partial charge in [-0.3, -0.25) is 5.87 Å². The molecule has 0 N–H and O–H groups in total. The van der Waals surface area contributed by atoms with E-state index in [1.54, 1.807) is 0 Å². The van der Waals surface area contributed by atoms with E-state index in [2.05, 4.69) is 4.85 Å². The molecule has 0 amide bonds. The highest BCUT2D eigenvalue weighted by atomic mass is 16.1. The van der Waals surface area contributed by atoms with Crippen molar-refractivity contribution in [3.05, 3.63) is 22.5 Å². The summed E-state index contributed by atoms with van der Waals surface area (Å²) >= 11 is 0. The van der Waals surface area contributed by atoms with E-state index in [4.69, 9.17) is 12.0 Å². The van der Waals surface area contributed by atoms with Crippen LogP contribution >= 0.6 is 0 Å². The minimum atomic E-state index is -0.403. The number of carbonyl (C=O) groups is 1. The Bertz CT molecular complexity index is 159. The average Bonchev–Trinajstić information content (AvgIpc) is 1.72. The van der Waals surface area contributed by atoms with Gasteiger partial charge in [-0.15, -0.1) is 0 Å². The van der Waals surface area contributed by atoms with E-state index >= 15 is 0 Å². The molecule has 0 radical (unpaired) electrons. The van der Waals surface area contributed by atoms with Crippen molar-refractivity contribution < 1.29 is 4.79 Å². The number of hydrogen-bond donors (Lipinski definition) is 0. The van der Waals surface area contributed by atoms with Crippen LogP contribution in [0, 0.1) is 6.57 Å². The molecule has 7 heavy (non-hydrogen) atoms. The molecule has 0 atom stereocenters. The van der Waals surface area contributed by atoms with Crippen LogP contribution in [0.4, 0.5) is 0 Å². The van der Waals surface area contributed by atoms with Crippen LogP contribution in [0.25, 0.3) is 10.3 Å². The zero-order valence-corrected chi connectivity index (χ0v) is 3.38. The van der Waals surface area contributed by atoms with Gasteiger partial charge in [0.05, 0.1) is 6.57 Å². The van der Waals surface area contributed by atoms with Crippen molar-refractivity contribution in [1.82, 2.24) is 0 Å². The van der Waals surface area contributed by atoms with Crippen LogP contribution in [0.1, 0.15) is 0 Å². The van der Waals surface area contributed by atoms with Crippen molar-refractivity contribution in [3.63, 3.8) is 0 Å². The van der Waals surface area contributed by atoms with Gasteiger partial charge in [0.15, 0.2) is 6.29 Å². The Labute approximate surface area is 40.6 Å². The number of carbonyl (C=O) groups excluding carboxylic acids is 1. The maximum Gasteiger partial charge on any atom is 0.244 e. The molecule has 0 aliphatic carbocycles. The fraction of sp³-hybridized carbons (Fsp3) is 0. The standard InChI is InChI=1S/C4HN2O/c1-6-4(2-5)3-7/h3H/q-1. The summed E-state index contributed by atoms with van der Waals surface area (Å²) in [5, 5.41) is 7.79. The fourth-order valence-corrected chi connectivity index (χ4v) is 0.0777. The minimum absolute atomic E-state index is 0.229. The molecule has 3 nitrogen and oxygen atoms in total. The van der Waals surface area contributed by atoms with Gasteiger partial charge in [-0.2, -0.15) is 0 Å². The number of rotatable bonds is 1. The summed E-state index contributed by atoms with van der Waals surface area (Å²) in [4.78, 5) is 12.1. The summed E-state index contributed by atoms with van der Waals surface area (Å²) in [5.74, 6) is 1.40. The van der Waals surface area contributed by atoms with Crippen molar-refractivity contribution in [2.75, 3.05) is 0 Å². The van der Waals surface area contributed by atoms with Gasteiger partial charge in [0, 0.05) is 0 Å². The first-order valence-corrected chi connectivity index (χ1v) is 1.45. The van der Waals surface area contributed by atoms with E-state index in [1.165, 1.54) is 5.87 Å². The maximum absolute atomic E-state index is 9.49. The van der Waals surface area contributed by atoms with Crippen molar-refractivity contribution in [1.29, 1.82) is 0 Å². The zero-order valence-electron chi connectivity index (χ0n) is 3.38. The van der Waals surface area contributed by atoms with Crippen LogP contribution in [-0.2, 0) is 4.79 Å². The first-order chi connectivity index (χ1) is 3.35. The van der Waals surface area contributed by atoms with Gasteiger partial charge in [0.2, 0.25) is 5.70 Å². The van der Waals surface area contributed by atoms with Crippen LogP contribution in [0.5, 0.6) is 0 Å². The van der Waals surface area contributed by atoms with Gasteiger partial charge in [0.25, 0.3) is 0 Å². The van der Waals surface area contributed by atoms with Crippen LogP contribution in [-0.4, -0.2) is 12.2 Å². The summed E-state index contributed by atoms with van der Waals surface area (Å²) < 4.78 is 0. The lowest BCUT2D eigenvalue weighted by molar-refractivity contribution is -0.104. The third-order valence-corrected chi connectivity index (χ3v) is 0.347. The predicted octanol–water partition coefficient (Wildman–Crippen LogP) is 0.228. The minimum Gasteiger partial charge on any atom is -0.775 e. The molecule has 0 unspecified atom stereocenters. The summed E-state index contributed by atoms with van der Waals surface area (Å²) in [5.41, 5.74) is -0.403. The maximum atomic E-state index is 9.49. The lowest BCUT2D eigenvalue weighted by atomic mass is 10.6. The highest BCUT2D eigenvalue weighted by molar-refractivity contribution is 5.90. The molecule has 3 heteroatoms. The van der Waals surface area contributed by atoms with Crippen LogP contribution in [0.15, 0.2) is 5.70 Å². The first kappa shape index (κ1) is 5.61. The van der Waals surface area contributed by atoms with Crippen LogP contribution in [0.3, 0.4) is 0 Å². The van der Waals surface area contributed by atoms with E-state index in [0.29, 0.717) is 0 Å². The Morgan fingerprint density at radius 1 is 2.00 bits per heavy atom. The molecular weight excluding hydrogens is 92.1 g/mol. The van der Waals surface area contributed by atoms with Gasteiger partial charge in [-0.1, -0.05) is 0 Å². The molecule has 0 rings (SSSR count). The Kier molecular flexibility index (Phi) is 2.27. The number of hydrogen-bond acceptors (Lipinski definition) is 1. The van der Waals surface area contributed by atoms with E-state index in [9.17, 15) is 4.79 Å². The molecule has 0 aromatic heterocycles. The largest absolute Gasteiger partial charge is 0.775 e. The van der Waals surface area contributed by atoms with Crippen molar-refractivity contribution in [2.24, 2.45) is 0 Å². The van der Waals surface area contributed by atoms with Crippen LogP contribution < -0.4 is 0 Å². The lowest BCUT2D eigenvalue weighted by Gasteiger charge is -1.72. The summed E-state index contributed by atoms with van der Waals surface area (Å²) in [6.45, 7) is 6.09. The van der Waals surface area contributed by atoms with Crippen molar-refractivity contribution >= 4 is 12.2 Å². The Balaban J connectivity index is 4.24. The second-order valence-corrected chi connectivity index (χ2v) is 0.727. The SMILES string of the molecule is [C-]#[N+]C(=C=[N-])C=O. The molecule has 0 aromatic rings. The Hall–Kier alpha value is -1.39. The highest BCUT2D eigenvalue weighted by Crippen LogP contribution is 1.78. The van der Waals surface area contributed by atoms with Gasteiger partial charge >= 0.3 is 0 Å². The van der Waals surface area contributed by atoms with Gasteiger partial charge < -0.3 is 10.2 Å². The quantitative estimate of drug-likeness (QED) is 0.198. The lowest BCUT2D eigenvalue weighted by Crippen LogP contribution is -1.71. The summed E-state index contributed by atoms with van der Waals surface area (Å²) in [6, 6.07) is 0. The molecule has 0 saturated heterocycles. The van der Waals surface area contributed by atoms with Gasteiger partial charge in [-0.05, 0) is 0 Å². The number of aldehydes is 1. The highest BCUT2D eigenvalue weighted by Gasteiger charge is 1.79. The fourth-order valence-electron chi connectivity index (χ4n) is 0.0777. The van der Waals surface area contributed by atoms with E-state index < -0.39 is 5.70 Å². The second-order valence-electron chi connectivity index (χ2n) is 0.727. The summed E-state index contributed by atoms with van der Waals surface area (Å²) in [6.07, 6.45) is 0.229. The average molecular weight is 93.1 g/mol. The smallest absolute Gasteiger partial charge is 0.244 e. The Morgan fingerprint density at radius 2 is 2.57 bits per heavy atom. The molecule has 34 valence electrons. The summed E-state index contributed by atoms with van der Waals surface area (Å²) in [7, 11) is 0. The molecule has 0 aromatic carbocycles. The third-order valence-electron chi connectivity index (χ3n) is 0.347. The molecule has 0 aliphatic heterocycles. The molecule has 0 spiro atoms. The molecule has 0 saturated carbocycles. The normalized spacial score (nSPS) is 5.57. The number of allylic oxidation sites excluding steroid dienone is 1. The number of nitrogens with zero attached hydrogens (tertiary/aromatic N) is 2. The Morgan fingerprint density at radius 3 is 2.57 bits per heavy atom. The third kappa shape index (κ3) is 1.48. The second kappa shape index (κ2) is 2.83. The van der Waals surface area contributed by atoms with Crippen molar-refractivity contribution in [2.45, 2.75) is 0 Å². The molecule has 0 fully saturated rings. The molecular formula is C4HN2O-. The zero-order chi connectivity index (χ0) is 5.70. The predicted molar refractivity (Wildman–Crippen MR) is 24.5 cm³/mol. The topological polar surface area (TPSA) is 43.7 Å². The van der Waals surface area contributed by atoms with Gasteiger partial charge in [-0.25, -0.2) is 4.85 Å². The first-order valence-electron chi connectivity index (χ1n) is 1.45. The monoisotopic (exact) mass is 93.0 g/mol. The van der Waals surface area contributed by atoms with E-state index in [1.807, 2.05) is 0 Å². The van der Waals surface area contributed by atoms with Crippen LogP contribution in [0.2, 0.25) is 0 Å². The molecule has 0 aliphatic rings. The molecule has 0 heterocycles. The molecule has 0 bridgehead atoms. The van der Waals surface area contributed by atoms with Crippen molar-refractivity contribution in [3.8, 4) is 0 Å².